The van der Waals surface area contributed by atoms with Gasteiger partial charge in [0.25, 0.3) is 5.91 Å². The smallest absolute Gasteiger partial charge is 0.405 e. The van der Waals surface area contributed by atoms with Crippen molar-refractivity contribution in [3.05, 3.63) is 65.1 Å². The topological polar surface area (TPSA) is 111 Å². The lowest BCUT2D eigenvalue weighted by Crippen LogP contribution is -2.51. The van der Waals surface area contributed by atoms with Gasteiger partial charge in [-0.25, -0.2) is 13.2 Å². The molecule has 1 aromatic carbocycles. The molecular formula is C19H21N3O6S. The molecule has 0 unspecified atom stereocenters. The number of aromatic nitrogens is 1. The minimum absolute atomic E-state index is 0.148. The first-order valence-electron chi connectivity index (χ1n) is 8.99. The van der Waals surface area contributed by atoms with Crippen LogP contribution in [0.3, 0.4) is 0 Å². The van der Waals surface area contributed by atoms with Gasteiger partial charge in [-0.1, -0.05) is 17.7 Å². The molecule has 2 aromatic rings. The second-order valence-electron chi connectivity index (χ2n) is 6.59. The molecule has 1 aliphatic heterocycles. The van der Waals surface area contributed by atoms with Crippen molar-refractivity contribution < 1.29 is 27.5 Å². The molecule has 1 amide bonds. The summed E-state index contributed by atoms with van der Waals surface area (Å²) in [4.78, 5) is 25.8. The maximum absolute atomic E-state index is 12.7. The fourth-order valence-electron chi connectivity index (χ4n) is 2.92. The van der Waals surface area contributed by atoms with Crippen LogP contribution in [0, 0.1) is 12.1 Å². The summed E-state index contributed by atoms with van der Waals surface area (Å²) in [5, 5.41) is 11.5. The van der Waals surface area contributed by atoms with Crippen LogP contribution in [0.25, 0.3) is 0 Å². The normalized spacial score (nSPS) is 15.1. The average Bonchev–Trinajstić information content (AvgIpc) is 2.72. The monoisotopic (exact) mass is 419 g/mol. The summed E-state index contributed by atoms with van der Waals surface area (Å²) in [5.74, 6) is -1.34. The number of piperazine rings is 1. The molecule has 3 rings (SSSR count). The molecule has 154 valence electrons. The van der Waals surface area contributed by atoms with Gasteiger partial charge in [0.15, 0.2) is 12.8 Å². The molecule has 1 aromatic heterocycles. The summed E-state index contributed by atoms with van der Waals surface area (Å²) in [6.45, 7) is 2.04. The molecule has 0 saturated carbocycles. The predicted octanol–water partition coefficient (Wildman–Crippen LogP) is 0.318. The van der Waals surface area contributed by atoms with E-state index in [2.05, 4.69) is 0 Å². The van der Waals surface area contributed by atoms with E-state index < -0.39 is 28.5 Å². The zero-order chi connectivity index (χ0) is 21.0. The van der Waals surface area contributed by atoms with E-state index in [-0.39, 0.29) is 36.8 Å². The van der Waals surface area contributed by atoms with E-state index in [0.29, 0.717) is 4.73 Å². The minimum atomic E-state index is -3.62. The SMILES string of the molecule is Cc1ccc(S(=O)(=O)N2CCN(C(=O)COC(=O)c3cccc[n+]3[O-])CC2)cc1. The largest absolute Gasteiger partial charge is 0.618 e. The molecule has 1 saturated heterocycles. The summed E-state index contributed by atoms with van der Waals surface area (Å²) in [6, 6.07) is 10.9. The number of carbonyl (C=O) groups excluding carboxylic acids is 2. The van der Waals surface area contributed by atoms with Crippen molar-refractivity contribution in [3.63, 3.8) is 0 Å². The third-order valence-electron chi connectivity index (χ3n) is 4.61. The first kappa shape index (κ1) is 20.7. The van der Waals surface area contributed by atoms with Gasteiger partial charge < -0.3 is 14.8 Å². The molecule has 0 spiro atoms. The van der Waals surface area contributed by atoms with Crippen molar-refractivity contribution in [2.45, 2.75) is 11.8 Å². The standard InChI is InChI=1S/C19H21N3O6S/c1-15-5-7-16(8-6-15)29(26,27)21-12-10-20(11-13-21)18(23)14-28-19(24)17-4-2-3-9-22(17)25/h2-9H,10-14H2,1H3. The first-order valence-corrected chi connectivity index (χ1v) is 10.4. The van der Waals surface area contributed by atoms with Crippen molar-refractivity contribution in [1.29, 1.82) is 0 Å². The Morgan fingerprint density at radius 3 is 2.34 bits per heavy atom. The van der Waals surface area contributed by atoms with E-state index in [9.17, 15) is 23.2 Å². The first-order chi connectivity index (χ1) is 13.8. The number of aryl methyl sites for hydroxylation is 1. The number of sulfonamides is 1. The quantitative estimate of drug-likeness (QED) is 0.392. The molecule has 0 aliphatic carbocycles. The number of benzene rings is 1. The highest BCUT2D eigenvalue weighted by Crippen LogP contribution is 2.18. The van der Waals surface area contributed by atoms with Crippen molar-refractivity contribution in [2.24, 2.45) is 0 Å². The van der Waals surface area contributed by atoms with Crippen LogP contribution in [0.4, 0.5) is 0 Å². The van der Waals surface area contributed by atoms with Gasteiger partial charge in [0, 0.05) is 38.3 Å². The lowest BCUT2D eigenvalue weighted by atomic mass is 10.2. The lowest BCUT2D eigenvalue weighted by Gasteiger charge is -2.33. The average molecular weight is 419 g/mol. The Balaban J connectivity index is 1.53. The van der Waals surface area contributed by atoms with Crippen LogP contribution in [-0.2, 0) is 19.6 Å². The number of esters is 1. The van der Waals surface area contributed by atoms with E-state index in [0.717, 1.165) is 11.8 Å². The molecule has 1 aliphatic rings. The van der Waals surface area contributed by atoms with Gasteiger partial charge in [0.1, 0.15) is 0 Å². The Kier molecular flexibility index (Phi) is 6.14. The van der Waals surface area contributed by atoms with Crippen molar-refractivity contribution in [1.82, 2.24) is 9.21 Å². The van der Waals surface area contributed by atoms with E-state index >= 15 is 0 Å². The Labute approximate surface area is 168 Å². The van der Waals surface area contributed by atoms with Crippen LogP contribution >= 0.6 is 0 Å². The number of rotatable bonds is 5. The van der Waals surface area contributed by atoms with Crippen LogP contribution in [-0.4, -0.2) is 62.3 Å². The Morgan fingerprint density at radius 2 is 1.72 bits per heavy atom. The highest BCUT2D eigenvalue weighted by molar-refractivity contribution is 7.89. The van der Waals surface area contributed by atoms with Gasteiger partial charge in [-0.3, -0.25) is 4.79 Å². The maximum Gasteiger partial charge on any atom is 0.405 e. The third kappa shape index (κ3) is 4.72. The molecule has 10 heteroatoms. The van der Waals surface area contributed by atoms with Gasteiger partial charge in [0.05, 0.1) is 4.90 Å². The van der Waals surface area contributed by atoms with Crippen LogP contribution < -0.4 is 4.73 Å². The number of nitrogens with zero attached hydrogens (tertiary/aromatic N) is 3. The van der Waals surface area contributed by atoms with Gasteiger partial charge in [-0.15, -0.1) is 0 Å². The number of carbonyl (C=O) groups is 2. The van der Waals surface area contributed by atoms with E-state index in [1.54, 1.807) is 24.3 Å². The minimum Gasteiger partial charge on any atom is -0.618 e. The number of pyridine rings is 1. The molecule has 2 heterocycles. The molecule has 0 bridgehead atoms. The third-order valence-corrected chi connectivity index (χ3v) is 6.52. The van der Waals surface area contributed by atoms with E-state index in [4.69, 9.17) is 4.74 Å². The van der Waals surface area contributed by atoms with Crippen LogP contribution in [0.2, 0.25) is 0 Å². The van der Waals surface area contributed by atoms with E-state index in [1.165, 1.54) is 27.4 Å². The summed E-state index contributed by atoms with van der Waals surface area (Å²) in [5.41, 5.74) is 0.751. The lowest BCUT2D eigenvalue weighted by molar-refractivity contribution is -0.608. The van der Waals surface area contributed by atoms with Crippen LogP contribution in [0.15, 0.2) is 53.6 Å². The summed E-state index contributed by atoms with van der Waals surface area (Å²) in [7, 11) is -3.62. The molecule has 0 N–H and O–H groups in total. The van der Waals surface area contributed by atoms with Gasteiger partial charge in [-0.05, 0) is 25.1 Å². The van der Waals surface area contributed by atoms with Crippen LogP contribution in [0.5, 0.6) is 0 Å². The number of ether oxygens (including phenoxy) is 1. The van der Waals surface area contributed by atoms with Gasteiger partial charge >= 0.3 is 11.7 Å². The Hall–Kier alpha value is -2.98. The molecule has 0 atom stereocenters. The fourth-order valence-corrected chi connectivity index (χ4v) is 4.34. The van der Waals surface area contributed by atoms with Crippen LogP contribution in [0.1, 0.15) is 16.1 Å². The molecule has 9 nitrogen and oxygen atoms in total. The second kappa shape index (κ2) is 8.58. The highest BCUT2D eigenvalue weighted by Gasteiger charge is 2.30. The predicted molar refractivity (Wildman–Crippen MR) is 102 cm³/mol. The highest BCUT2D eigenvalue weighted by atomic mass is 32.2. The number of hydrogen-bond donors (Lipinski definition) is 0. The Morgan fingerprint density at radius 1 is 1.07 bits per heavy atom. The zero-order valence-corrected chi connectivity index (χ0v) is 16.7. The summed E-state index contributed by atoms with van der Waals surface area (Å²) >= 11 is 0. The van der Waals surface area contributed by atoms with E-state index in [1.807, 2.05) is 6.92 Å². The van der Waals surface area contributed by atoms with Crippen molar-refractivity contribution in [2.75, 3.05) is 32.8 Å². The van der Waals surface area contributed by atoms with Gasteiger partial charge in [0.2, 0.25) is 10.0 Å². The number of amides is 1. The zero-order valence-electron chi connectivity index (χ0n) is 15.9. The van der Waals surface area contributed by atoms with Crippen molar-refractivity contribution in [3.8, 4) is 0 Å². The summed E-state index contributed by atoms with van der Waals surface area (Å²) in [6.07, 6.45) is 1.16. The van der Waals surface area contributed by atoms with Crippen molar-refractivity contribution >= 4 is 21.9 Å². The maximum atomic E-state index is 12.7. The number of hydrogen-bond acceptors (Lipinski definition) is 6. The second-order valence-corrected chi connectivity index (χ2v) is 8.52. The molecular weight excluding hydrogens is 398 g/mol. The summed E-state index contributed by atoms with van der Waals surface area (Å²) < 4.78 is 32.0. The molecule has 1 fully saturated rings. The van der Waals surface area contributed by atoms with Gasteiger partial charge in [-0.2, -0.15) is 9.04 Å². The molecule has 29 heavy (non-hydrogen) atoms. The Bertz CT molecular complexity index is 999. The molecule has 0 radical (unpaired) electrons. The fraction of sp³-hybridized carbons (Fsp3) is 0.316.